The fraction of sp³-hybridized carbons (Fsp3) is 0.0952. The first-order valence-corrected chi connectivity index (χ1v) is 7.92. The summed E-state index contributed by atoms with van der Waals surface area (Å²) in [7, 11) is 0. The van der Waals surface area contributed by atoms with E-state index in [4.69, 9.17) is 5.11 Å². The van der Waals surface area contributed by atoms with Gasteiger partial charge in [-0.3, -0.25) is 4.79 Å². The smallest absolute Gasteiger partial charge is 0.182 e. The Balaban J connectivity index is 2.03. The molecule has 0 saturated carbocycles. The molecule has 0 bridgehead atoms. The van der Waals surface area contributed by atoms with Gasteiger partial charge in [-0.1, -0.05) is 36.4 Å². The molecule has 0 heterocycles. The van der Waals surface area contributed by atoms with Crippen molar-refractivity contribution in [3.05, 3.63) is 82.6 Å². The van der Waals surface area contributed by atoms with Crippen LogP contribution >= 0.6 is 0 Å². The first-order chi connectivity index (χ1) is 12.4. The van der Waals surface area contributed by atoms with Crippen molar-refractivity contribution in [2.75, 3.05) is 0 Å². The molecule has 2 rings (SSSR count). The van der Waals surface area contributed by atoms with Gasteiger partial charge in [-0.15, -0.1) is 0 Å². The molecule has 5 heteroatoms. The van der Waals surface area contributed by atoms with E-state index in [1.807, 2.05) is 0 Å². The van der Waals surface area contributed by atoms with Gasteiger partial charge < -0.3 is 20.4 Å². The highest BCUT2D eigenvalue weighted by molar-refractivity contribution is 6.02. The minimum absolute atomic E-state index is 0.0431. The Morgan fingerprint density at radius 2 is 1.58 bits per heavy atom. The molecule has 2 aromatic carbocycles. The third-order valence-electron chi connectivity index (χ3n) is 3.69. The Kier molecular flexibility index (Phi) is 6.36. The first-order valence-electron chi connectivity index (χ1n) is 7.92. The number of carbonyl (C=O) groups is 1. The second-order valence-corrected chi connectivity index (χ2v) is 5.73. The van der Waals surface area contributed by atoms with Gasteiger partial charge in [0.05, 0.1) is 6.61 Å². The zero-order chi connectivity index (χ0) is 19.1. The number of hydrogen-bond donors (Lipinski definition) is 4. The number of aliphatic hydroxyl groups excluding tert-OH is 2. The average Bonchev–Trinajstić information content (AvgIpc) is 2.61. The number of allylic oxidation sites excluding steroid dienone is 3. The van der Waals surface area contributed by atoms with Crippen molar-refractivity contribution in [1.29, 1.82) is 0 Å². The lowest BCUT2D eigenvalue weighted by Crippen LogP contribution is -1.89. The molecule has 0 aliphatic rings. The Hall–Kier alpha value is -3.31. The predicted octanol–water partition coefficient (Wildman–Crippen LogP) is 3.64. The monoisotopic (exact) mass is 352 g/mol. The van der Waals surface area contributed by atoms with E-state index < -0.39 is 5.78 Å². The van der Waals surface area contributed by atoms with Crippen LogP contribution in [0.5, 0.6) is 11.5 Å². The first kappa shape index (κ1) is 19.0. The van der Waals surface area contributed by atoms with E-state index in [0.717, 1.165) is 11.6 Å². The van der Waals surface area contributed by atoms with Crippen molar-refractivity contribution in [2.45, 2.75) is 13.5 Å². The van der Waals surface area contributed by atoms with Crippen molar-refractivity contribution in [2.24, 2.45) is 0 Å². The van der Waals surface area contributed by atoms with Crippen LogP contribution in [0.1, 0.15) is 22.3 Å². The van der Waals surface area contributed by atoms with Crippen LogP contribution in [0.15, 0.2) is 60.4 Å². The number of aryl methyl sites for hydroxylation is 1. The zero-order valence-electron chi connectivity index (χ0n) is 14.3. The van der Waals surface area contributed by atoms with Crippen LogP contribution in [0.2, 0.25) is 0 Å². The van der Waals surface area contributed by atoms with Crippen LogP contribution in [-0.4, -0.2) is 26.2 Å². The quantitative estimate of drug-likeness (QED) is 0.361. The van der Waals surface area contributed by atoms with Crippen molar-refractivity contribution in [3.63, 3.8) is 0 Å². The van der Waals surface area contributed by atoms with Crippen molar-refractivity contribution < 1.29 is 25.2 Å². The average molecular weight is 352 g/mol. The number of benzene rings is 2. The SMILES string of the molecule is Cc1ccc(/C=C/C(=O)C=C(O)/C=C/c2ccc(CO)c(O)c2)cc1O. The van der Waals surface area contributed by atoms with Gasteiger partial charge in [-0.2, -0.15) is 0 Å². The third kappa shape index (κ3) is 5.36. The summed E-state index contributed by atoms with van der Waals surface area (Å²) < 4.78 is 0. The summed E-state index contributed by atoms with van der Waals surface area (Å²) in [6.07, 6.45) is 6.75. The van der Waals surface area contributed by atoms with Crippen LogP contribution < -0.4 is 0 Å². The molecule has 2 aromatic rings. The molecule has 0 aliphatic heterocycles. The molecule has 4 N–H and O–H groups in total. The molecule has 134 valence electrons. The maximum Gasteiger partial charge on any atom is 0.182 e. The molecule has 0 unspecified atom stereocenters. The summed E-state index contributed by atoms with van der Waals surface area (Å²) in [4.78, 5) is 11.8. The third-order valence-corrected chi connectivity index (χ3v) is 3.69. The van der Waals surface area contributed by atoms with Crippen molar-refractivity contribution >= 4 is 17.9 Å². The molecule has 26 heavy (non-hydrogen) atoms. The highest BCUT2D eigenvalue weighted by Gasteiger charge is 2.00. The molecule has 5 nitrogen and oxygen atoms in total. The largest absolute Gasteiger partial charge is 0.508 e. The number of hydrogen-bond acceptors (Lipinski definition) is 5. The van der Waals surface area contributed by atoms with Gasteiger partial charge in [-0.05, 0) is 47.9 Å². The number of ketones is 1. The molecule has 0 radical (unpaired) electrons. The van der Waals surface area contributed by atoms with Gasteiger partial charge in [0, 0.05) is 11.6 Å². The maximum absolute atomic E-state index is 11.8. The fourth-order valence-electron chi connectivity index (χ4n) is 2.15. The van der Waals surface area contributed by atoms with Crippen LogP contribution in [-0.2, 0) is 11.4 Å². The summed E-state index contributed by atoms with van der Waals surface area (Å²) in [5.41, 5.74) is 2.43. The second-order valence-electron chi connectivity index (χ2n) is 5.73. The lowest BCUT2D eigenvalue weighted by molar-refractivity contribution is -0.110. The molecule has 0 saturated heterocycles. The summed E-state index contributed by atoms with van der Waals surface area (Å²) in [5.74, 6) is -0.544. The molecule has 0 aromatic heterocycles. The Morgan fingerprint density at radius 1 is 0.962 bits per heavy atom. The lowest BCUT2D eigenvalue weighted by Gasteiger charge is -2.01. The Bertz CT molecular complexity index is 891. The van der Waals surface area contributed by atoms with E-state index in [0.29, 0.717) is 16.7 Å². The maximum atomic E-state index is 11.8. The van der Waals surface area contributed by atoms with Crippen LogP contribution in [0.25, 0.3) is 12.2 Å². The summed E-state index contributed by atoms with van der Waals surface area (Å²) >= 11 is 0. The number of aromatic hydroxyl groups is 2. The number of phenolic OH excluding ortho intramolecular Hbond substituents is 1. The Labute approximate surface area is 151 Å². The van der Waals surface area contributed by atoms with E-state index in [1.54, 1.807) is 43.3 Å². The molecule has 0 fully saturated rings. The standard InChI is InChI=1S/C21H20O5/c1-14-2-3-15(10-20(14)25)5-8-18(23)12-19(24)9-6-16-4-7-17(13-22)21(26)11-16/h2-12,22,24-26H,13H2,1H3/b8-5+,9-6+,19-12?. The minimum Gasteiger partial charge on any atom is -0.508 e. The molecule has 0 aliphatic carbocycles. The lowest BCUT2D eigenvalue weighted by atomic mass is 10.1. The molecule has 0 spiro atoms. The van der Waals surface area contributed by atoms with E-state index in [2.05, 4.69) is 0 Å². The van der Waals surface area contributed by atoms with Crippen LogP contribution in [0.3, 0.4) is 0 Å². The topological polar surface area (TPSA) is 98.0 Å². The van der Waals surface area contributed by atoms with E-state index >= 15 is 0 Å². The van der Waals surface area contributed by atoms with E-state index in [-0.39, 0.29) is 23.9 Å². The molecular formula is C21H20O5. The summed E-state index contributed by atoms with van der Waals surface area (Å²) in [5, 5.41) is 38.1. The van der Waals surface area contributed by atoms with Gasteiger partial charge in [0.2, 0.25) is 0 Å². The second kappa shape index (κ2) is 8.69. The molecule has 0 atom stereocenters. The van der Waals surface area contributed by atoms with E-state index in [9.17, 15) is 20.1 Å². The Morgan fingerprint density at radius 3 is 2.19 bits per heavy atom. The van der Waals surface area contributed by atoms with Gasteiger partial charge in [0.1, 0.15) is 17.3 Å². The van der Waals surface area contributed by atoms with Crippen LogP contribution in [0, 0.1) is 6.92 Å². The number of rotatable bonds is 6. The molecule has 0 amide bonds. The summed E-state index contributed by atoms with van der Waals surface area (Å²) in [6, 6.07) is 9.74. The highest BCUT2D eigenvalue weighted by Crippen LogP contribution is 2.20. The van der Waals surface area contributed by atoms with Gasteiger partial charge in [0.15, 0.2) is 5.78 Å². The predicted molar refractivity (Wildman–Crippen MR) is 101 cm³/mol. The minimum atomic E-state index is -0.411. The van der Waals surface area contributed by atoms with Gasteiger partial charge >= 0.3 is 0 Å². The van der Waals surface area contributed by atoms with E-state index in [1.165, 1.54) is 24.3 Å². The normalized spacial score (nSPS) is 12.2. The summed E-state index contributed by atoms with van der Waals surface area (Å²) in [6.45, 7) is 1.51. The highest BCUT2D eigenvalue weighted by atomic mass is 16.3. The van der Waals surface area contributed by atoms with Gasteiger partial charge in [-0.25, -0.2) is 0 Å². The fourth-order valence-corrected chi connectivity index (χ4v) is 2.15. The van der Waals surface area contributed by atoms with Crippen LogP contribution in [0.4, 0.5) is 0 Å². The number of phenols is 2. The van der Waals surface area contributed by atoms with Crippen molar-refractivity contribution in [3.8, 4) is 11.5 Å². The number of carbonyl (C=O) groups excluding carboxylic acids is 1. The van der Waals surface area contributed by atoms with Gasteiger partial charge in [0.25, 0.3) is 0 Å². The van der Waals surface area contributed by atoms with Crippen molar-refractivity contribution in [1.82, 2.24) is 0 Å². The molecular weight excluding hydrogens is 332 g/mol. The zero-order valence-corrected chi connectivity index (χ0v) is 14.3. The number of aliphatic hydroxyl groups is 2.